The van der Waals surface area contributed by atoms with Crippen LogP contribution in [-0.4, -0.2) is 28.2 Å². The Morgan fingerprint density at radius 3 is 2.85 bits per heavy atom. The molecule has 0 radical (unpaired) electrons. The minimum Gasteiger partial charge on any atom is -0.399 e. The zero-order valence-corrected chi connectivity index (χ0v) is 12.7. The monoisotopic (exact) mass is 318 g/mol. The maximum atomic E-state index is 12.1. The first-order valence-corrected chi connectivity index (χ1v) is 8.47. The highest BCUT2D eigenvalue weighted by molar-refractivity contribution is 7.89. The minimum absolute atomic E-state index is 0.0121. The number of benzene rings is 1. The third-order valence-corrected chi connectivity index (χ3v) is 5.00. The Kier molecular flexibility index (Phi) is 5.26. The van der Waals surface area contributed by atoms with Gasteiger partial charge in [0.2, 0.25) is 10.0 Å². The van der Waals surface area contributed by atoms with Gasteiger partial charge in [0.25, 0.3) is 0 Å². The molecule has 1 aliphatic carbocycles. The molecule has 0 heterocycles. The molecule has 0 amide bonds. The highest BCUT2D eigenvalue weighted by Gasteiger charge is 2.21. The summed E-state index contributed by atoms with van der Waals surface area (Å²) in [4.78, 5) is 0.0121. The Morgan fingerprint density at radius 1 is 1.40 bits per heavy atom. The molecule has 1 fully saturated rings. The minimum atomic E-state index is -3.62. The molecule has 20 heavy (non-hydrogen) atoms. The van der Waals surface area contributed by atoms with E-state index in [-0.39, 0.29) is 9.92 Å². The summed E-state index contributed by atoms with van der Waals surface area (Å²) in [5.74, 6) is 0.720. The number of nitrogen functional groups attached to an aromatic ring is 1. The third-order valence-electron chi connectivity index (χ3n) is 3.05. The van der Waals surface area contributed by atoms with Gasteiger partial charge in [-0.15, -0.1) is 0 Å². The highest BCUT2D eigenvalue weighted by atomic mass is 35.5. The molecule has 0 spiro atoms. The molecular formula is C13H19ClN2O3S. The van der Waals surface area contributed by atoms with Gasteiger partial charge >= 0.3 is 0 Å². The van der Waals surface area contributed by atoms with E-state index in [9.17, 15) is 8.42 Å². The van der Waals surface area contributed by atoms with Gasteiger partial charge < -0.3 is 10.5 Å². The third kappa shape index (κ3) is 4.63. The van der Waals surface area contributed by atoms with Gasteiger partial charge in [-0.05, 0) is 43.4 Å². The van der Waals surface area contributed by atoms with Gasteiger partial charge in [0.1, 0.15) is 4.90 Å². The van der Waals surface area contributed by atoms with Crippen molar-refractivity contribution in [2.45, 2.75) is 24.2 Å². The maximum Gasteiger partial charge on any atom is 0.242 e. The molecule has 0 aliphatic heterocycles. The van der Waals surface area contributed by atoms with E-state index in [0.717, 1.165) is 12.5 Å². The van der Waals surface area contributed by atoms with Crippen molar-refractivity contribution < 1.29 is 13.2 Å². The van der Waals surface area contributed by atoms with Gasteiger partial charge in [0, 0.05) is 25.4 Å². The first-order valence-electron chi connectivity index (χ1n) is 6.61. The van der Waals surface area contributed by atoms with Gasteiger partial charge in [0.15, 0.2) is 0 Å². The maximum absolute atomic E-state index is 12.1. The second kappa shape index (κ2) is 6.76. The van der Waals surface area contributed by atoms with Crippen LogP contribution in [0.15, 0.2) is 23.1 Å². The molecule has 2 rings (SSSR count). The quantitative estimate of drug-likeness (QED) is 0.567. The molecule has 7 heteroatoms. The average molecular weight is 319 g/mol. The van der Waals surface area contributed by atoms with E-state index in [1.165, 1.54) is 25.0 Å². The van der Waals surface area contributed by atoms with E-state index in [4.69, 9.17) is 22.1 Å². The lowest BCUT2D eigenvalue weighted by Gasteiger charge is -2.09. The predicted octanol–water partition coefficient (Wildman–Crippen LogP) is 2.02. The van der Waals surface area contributed by atoms with Crippen LogP contribution < -0.4 is 10.5 Å². The number of ether oxygens (including phenoxy) is 1. The number of hydrogen-bond acceptors (Lipinski definition) is 4. The van der Waals surface area contributed by atoms with Crippen molar-refractivity contribution in [1.82, 2.24) is 4.72 Å². The number of nitrogens with two attached hydrogens (primary N) is 1. The topological polar surface area (TPSA) is 81.4 Å². The molecule has 0 aromatic heterocycles. The molecule has 1 saturated carbocycles. The van der Waals surface area contributed by atoms with Crippen molar-refractivity contribution in [3.8, 4) is 0 Å². The fourth-order valence-electron chi connectivity index (χ4n) is 1.72. The zero-order valence-electron chi connectivity index (χ0n) is 11.1. The summed E-state index contributed by atoms with van der Waals surface area (Å²) < 4.78 is 32.1. The normalized spacial score (nSPS) is 15.4. The number of rotatable bonds is 8. The number of nitrogens with one attached hydrogen (secondary N) is 1. The van der Waals surface area contributed by atoms with Gasteiger partial charge in [-0.3, -0.25) is 0 Å². The molecule has 3 N–H and O–H groups in total. The van der Waals surface area contributed by atoms with Crippen LogP contribution in [0, 0.1) is 5.92 Å². The molecule has 0 saturated heterocycles. The summed E-state index contributed by atoms with van der Waals surface area (Å²) in [5.41, 5.74) is 5.95. The number of halogens is 1. The van der Waals surface area contributed by atoms with Crippen molar-refractivity contribution >= 4 is 27.3 Å². The number of hydrogen-bond donors (Lipinski definition) is 2. The molecule has 5 nitrogen and oxygen atoms in total. The Bertz CT molecular complexity index is 559. The van der Waals surface area contributed by atoms with Gasteiger partial charge in [-0.2, -0.15) is 0 Å². The van der Waals surface area contributed by atoms with E-state index in [0.29, 0.717) is 25.3 Å². The van der Waals surface area contributed by atoms with Crippen LogP contribution in [0.2, 0.25) is 5.02 Å². The Labute approximate surface area is 124 Å². The first kappa shape index (κ1) is 15.6. The molecule has 0 atom stereocenters. The van der Waals surface area contributed by atoms with Gasteiger partial charge in [-0.25, -0.2) is 13.1 Å². The molecule has 0 unspecified atom stereocenters. The van der Waals surface area contributed by atoms with Crippen LogP contribution in [0.25, 0.3) is 0 Å². The number of sulfonamides is 1. The predicted molar refractivity (Wildman–Crippen MR) is 79.2 cm³/mol. The highest BCUT2D eigenvalue weighted by Crippen LogP contribution is 2.28. The van der Waals surface area contributed by atoms with Gasteiger partial charge in [-0.1, -0.05) is 11.6 Å². The van der Waals surface area contributed by atoms with Crippen LogP contribution in [-0.2, 0) is 14.8 Å². The molecule has 1 aromatic rings. The van der Waals surface area contributed by atoms with Crippen molar-refractivity contribution in [2.24, 2.45) is 5.92 Å². The molecule has 0 bridgehead atoms. The Morgan fingerprint density at radius 2 is 2.15 bits per heavy atom. The van der Waals surface area contributed by atoms with E-state index >= 15 is 0 Å². The lowest BCUT2D eigenvalue weighted by molar-refractivity contribution is 0.123. The summed E-state index contributed by atoms with van der Waals surface area (Å²) in [5, 5.41) is 0.164. The summed E-state index contributed by atoms with van der Waals surface area (Å²) in [6, 6.07) is 4.39. The number of anilines is 1. The van der Waals surface area contributed by atoms with E-state index in [2.05, 4.69) is 4.72 Å². The average Bonchev–Trinajstić information content (AvgIpc) is 3.20. The van der Waals surface area contributed by atoms with Crippen LogP contribution >= 0.6 is 11.6 Å². The van der Waals surface area contributed by atoms with Crippen LogP contribution in [0.5, 0.6) is 0 Å². The van der Waals surface area contributed by atoms with Gasteiger partial charge in [0.05, 0.1) is 5.02 Å². The molecule has 1 aliphatic rings. The largest absolute Gasteiger partial charge is 0.399 e. The molecule has 1 aromatic carbocycles. The first-order chi connectivity index (χ1) is 9.49. The second-order valence-electron chi connectivity index (χ2n) is 4.96. The lowest BCUT2D eigenvalue weighted by atomic mass is 10.3. The van der Waals surface area contributed by atoms with E-state index < -0.39 is 10.0 Å². The second-order valence-corrected chi connectivity index (χ2v) is 7.10. The summed E-state index contributed by atoms with van der Waals surface area (Å²) >= 11 is 5.89. The van der Waals surface area contributed by atoms with Crippen LogP contribution in [0.1, 0.15) is 19.3 Å². The Balaban J connectivity index is 1.79. The summed E-state index contributed by atoms with van der Waals surface area (Å²) in [6.07, 6.45) is 3.13. The van der Waals surface area contributed by atoms with Crippen molar-refractivity contribution in [1.29, 1.82) is 0 Å². The van der Waals surface area contributed by atoms with E-state index in [1.807, 2.05) is 0 Å². The zero-order chi connectivity index (χ0) is 14.6. The van der Waals surface area contributed by atoms with Crippen molar-refractivity contribution in [3.63, 3.8) is 0 Å². The summed E-state index contributed by atoms with van der Waals surface area (Å²) in [7, 11) is -3.62. The fraction of sp³-hybridized carbons (Fsp3) is 0.538. The SMILES string of the molecule is Nc1ccc(Cl)c(S(=O)(=O)NCCCOCC2CC2)c1. The fourth-order valence-corrected chi connectivity index (χ4v) is 3.33. The molecule has 112 valence electrons. The van der Waals surface area contributed by atoms with Crippen LogP contribution in [0.4, 0.5) is 5.69 Å². The van der Waals surface area contributed by atoms with E-state index in [1.54, 1.807) is 6.07 Å². The molecular weight excluding hydrogens is 300 g/mol. The smallest absolute Gasteiger partial charge is 0.242 e. The van der Waals surface area contributed by atoms with Crippen molar-refractivity contribution in [2.75, 3.05) is 25.5 Å². The standard InChI is InChI=1S/C13H19ClN2O3S/c14-12-5-4-11(15)8-13(12)20(17,18)16-6-1-7-19-9-10-2-3-10/h4-5,8,10,16H,1-3,6-7,9,15H2. The Hall–Kier alpha value is -0.820. The lowest BCUT2D eigenvalue weighted by Crippen LogP contribution is -2.26. The van der Waals surface area contributed by atoms with Crippen LogP contribution in [0.3, 0.4) is 0 Å². The summed E-state index contributed by atoms with van der Waals surface area (Å²) in [6.45, 7) is 1.66. The van der Waals surface area contributed by atoms with Crippen molar-refractivity contribution in [3.05, 3.63) is 23.2 Å².